The number of hydrogen-bond donors (Lipinski definition) is 3. The number of carbonyl (C=O) groups excluding carboxylic acids is 2. The maximum atomic E-state index is 12.8. The molecule has 162 valence electrons. The molecule has 0 aliphatic carbocycles. The van der Waals surface area contributed by atoms with Crippen molar-refractivity contribution < 1.29 is 19.1 Å². The van der Waals surface area contributed by atoms with Crippen molar-refractivity contribution in [3.05, 3.63) is 36.5 Å². The van der Waals surface area contributed by atoms with E-state index < -0.39 is 17.9 Å². The standard InChI is InChI=1S/C20H23N7O4/c1-4-21-16-7-12(5-6-22-16)19-24-14(10-31-19)18(29)23-13-8-26(3)25-17(13)27-9-15(28)11(2)20(27)30/h5-8,10-11,15,28H,4,9H2,1-3H3,(H,21,22)(H,23,29). The highest BCUT2D eigenvalue weighted by Crippen LogP contribution is 2.30. The van der Waals surface area contributed by atoms with E-state index >= 15 is 0 Å². The lowest BCUT2D eigenvalue weighted by atomic mass is 10.1. The van der Waals surface area contributed by atoms with Gasteiger partial charge in [-0.3, -0.25) is 19.2 Å². The summed E-state index contributed by atoms with van der Waals surface area (Å²) in [6.45, 7) is 4.46. The fourth-order valence-corrected chi connectivity index (χ4v) is 3.34. The number of pyridine rings is 1. The number of aliphatic hydroxyl groups excluding tert-OH is 1. The fraction of sp³-hybridized carbons (Fsp3) is 0.350. The maximum Gasteiger partial charge on any atom is 0.277 e. The number of β-amino-alcohol motifs (C(OH)–C–C–N with tert-alkyl or cyclic N) is 1. The predicted octanol–water partition coefficient (Wildman–Crippen LogP) is 1.50. The summed E-state index contributed by atoms with van der Waals surface area (Å²) in [6.07, 6.45) is 3.69. The molecule has 0 spiro atoms. The van der Waals surface area contributed by atoms with Gasteiger partial charge in [0.2, 0.25) is 11.8 Å². The molecule has 11 heteroatoms. The number of aryl methyl sites for hydroxylation is 1. The zero-order chi connectivity index (χ0) is 22.1. The molecule has 11 nitrogen and oxygen atoms in total. The molecular formula is C20H23N7O4. The van der Waals surface area contributed by atoms with Crippen molar-refractivity contribution in [3.63, 3.8) is 0 Å². The quantitative estimate of drug-likeness (QED) is 0.540. The van der Waals surface area contributed by atoms with Crippen LogP contribution in [0, 0.1) is 5.92 Å². The van der Waals surface area contributed by atoms with Crippen molar-refractivity contribution in [2.75, 3.05) is 28.6 Å². The second kappa shape index (κ2) is 8.19. The van der Waals surface area contributed by atoms with Crippen LogP contribution in [-0.4, -0.2) is 55.9 Å². The van der Waals surface area contributed by atoms with Crippen LogP contribution < -0.4 is 15.5 Å². The van der Waals surface area contributed by atoms with E-state index in [0.29, 0.717) is 17.1 Å². The lowest BCUT2D eigenvalue weighted by molar-refractivity contribution is -0.121. The average molecular weight is 425 g/mol. The van der Waals surface area contributed by atoms with Crippen LogP contribution >= 0.6 is 0 Å². The third-order valence-electron chi connectivity index (χ3n) is 5.02. The molecule has 4 rings (SSSR count). The lowest BCUT2D eigenvalue weighted by Crippen LogP contribution is -2.28. The summed E-state index contributed by atoms with van der Waals surface area (Å²) in [6, 6.07) is 3.51. The minimum absolute atomic E-state index is 0.0766. The van der Waals surface area contributed by atoms with Gasteiger partial charge in [0, 0.05) is 25.4 Å². The fourth-order valence-electron chi connectivity index (χ4n) is 3.34. The van der Waals surface area contributed by atoms with Gasteiger partial charge in [-0.25, -0.2) is 9.97 Å². The van der Waals surface area contributed by atoms with Crippen LogP contribution in [0.2, 0.25) is 0 Å². The molecular weight excluding hydrogens is 402 g/mol. The number of aliphatic hydroxyl groups is 1. The van der Waals surface area contributed by atoms with E-state index in [1.807, 2.05) is 6.92 Å². The maximum absolute atomic E-state index is 12.8. The zero-order valence-corrected chi connectivity index (χ0v) is 17.4. The van der Waals surface area contributed by atoms with Crippen LogP contribution in [0.1, 0.15) is 24.3 Å². The van der Waals surface area contributed by atoms with Crippen LogP contribution in [-0.2, 0) is 11.8 Å². The Morgan fingerprint density at radius 3 is 2.94 bits per heavy atom. The Morgan fingerprint density at radius 2 is 2.23 bits per heavy atom. The number of amides is 2. The average Bonchev–Trinajstić information content (AvgIpc) is 3.44. The summed E-state index contributed by atoms with van der Waals surface area (Å²) in [5.41, 5.74) is 1.09. The Balaban J connectivity index is 1.54. The molecule has 3 aromatic rings. The highest BCUT2D eigenvalue weighted by atomic mass is 16.3. The molecule has 1 aliphatic rings. The number of aromatic nitrogens is 4. The normalized spacial score (nSPS) is 18.5. The minimum atomic E-state index is -0.788. The summed E-state index contributed by atoms with van der Waals surface area (Å²) < 4.78 is 6.96. The molecule has 4 heterocycles. The van der Waals surface area contributed by atoms with Gasteiger partial charge in [-0.05, 0) is 19.1 Å². The molecule has 2 atom stereocenters. The van der Waals surface area contributed by atoms with Gasteiger partial charge in [0.25, 0.3) is 5.91 Å². The van der Waals surface area contributed by atoms with E-state index in [4.69, 9.17) is 4.42 Å². The number of nitrogens with one attached hydrogen (secondary N) is 2. The molecule has 3 N–H and O–H groups in total. The summed E-state index contributed by atoms with van der Waals surface area (Å²) >= 11 is 0. The summed E-state index contributed by atoms with van der Waals surface area (Å²) in [5.74, 6) is -0.0563. The van der Waals surface area contributed by atoms with E-state index in [-0.39, 0.29) is 29.9 Å². The van der Waals surface area contributed by atoms with Crippen LogP contribution in [0.15, 0.2) is 35.2 Å². The SMILES string of the molecule is CCNc1cc(-c2nc(C(=O)Nc3cn(C)nc3N3CC(O)C(C)C3=O)co2)ccn1. The van der Waals surface area contributed by atoms with Crippen molar-refractivity contribution in [3.8, 4) is 11.5 Å². The third-order valence-corrected chi connectivity index (χ3v) is 5.02. The van der Waals surface area contributed by atoms with E-state index in [2.05, 4.69) is 25.7 Å². The van der Waals surface area contributed by atoms with Gasteiger partial charge in [0.1, 0.15) is 17.8 Å². The highest BCUT2D eigenvalue weighted by molar-refractivity contribution is 6.07. The van der Waals surface area contributed by atoms with Crippen molar-refractivity contribution in [1.29, 1.82) is 0 Å². The first kappa shape index (κ1) is 20.5. The van der Waals surface area contributed by atoms with Crippen molar-refractivity contribution in [1.82, 2.24) is 19.7 Å². The first-order valence-corrected chi connectivity index (χ1v) is 9.87. The molecule has 0 bridgehead atoms. The smallest absolute Gasteiger partial charge is 0.277 e. The number of rotatable bonds is 6. The molecule has 0 radical (unpaired) electrons. The molecule has 1 fully saturated rings. The van der Waals surface area contributed by atoms with E-state index in [9.17, 15) is 14.7 Å². The number of carbonyl (C=O) groups is 2. The molecule has 1 aliphatic heterocycles. The van der Waals surface area contributed by atoms with Gasteiger partial charge >= 0.3 is 0 Å². The van der Waals surface area contributed by atoms with Gasteiger partial charge in [-0.1, -0.05) is 6.92 Å². The Kier molecular flexibility index (Phi) is 5.42. The van der Waals surface area contributed by atoms with E-state index in [1.54, 1.807) is 38.5 Å². The van der Waals surface area contributed by atoms with Crippen LogP contribution in [0.4, 0.5) is 17.3 Å². The number of anilines is 3. The van der Waals surface area contributed by atoms with E-state index in [0.717, 1.165) is 6.54 Å². The van der Waals surface area contributed by atoms with E-state index in [1.165, 1.54) is 15.8 Å². The number of hydrogen-bond acceptors (Lipinski definition) is 8. The third kappa shape index (κ3) is 3.99. The Hall–Kier alpha value is -3.73. The topological polar surface area (TPSA) is 138 Å². The highest BCUT2D eigenvalue weighted by Gasteiger charge is 2.39. The summed E-state index contributed by atoms with van der Waals surface area (Å²) in [4.78, 5) is 35.0. The summed E-state index contributed by atoms with van der Waals surface area (Å²) in [5, 5.41) is 20.1. The zero-order valence-electron chi connectivity index (χ0n) is 17.4. The molecule has 0 aromatic carbocycles. The van der Waals surface area contributed by atoms with Gasteiger partial charge < -0.3 is 20.2 Å². The van der Waals surface area contributed by atoms with Gasteiger partial charge in [0.15, 0.2) is 11.5 Å². The van der Waals surface area contributed by atoms with Crippen molar-refractivity contribution >= 4 is 29.1 Å². The van der Waals surface area contributed by atoms with Crippen molar-refractivity contribution in [2.45, 2.75) is 20.0 Å². The van der Waals surface area contributed by atoms with Crippen LogP contribution in [0.5, 0.6) is 0 Å². The first-order valence-electron chi connectivity index (χ1n) is 9.87. The molecule has 1 saturated heterocycles. The summed E-state index contributed by atoms with van der Waals surface area (Å²) in [7, 11) is 1.68. The first-order chi connectivity index (χ1) is 14.9. The second-order valence-electron chi connectivity index (χ2n) is 7.30. The molecule has 0 saturated carbocycles. The monoisotopic (exact) mass is 425 g/mol. The Morgan fingerprint density at radius 1 is 1.42 bits per heavy atom. The van der Waals surface area contributed by atoms with Crippen LogP contribution in [0.25, 0.3) is 11.5 Å². The van der Waals surface area contributed by atoms with Crippen molar-refractivity contribution in [2.24, 2.45) is 13.0 Å². The molecule has 31 heavy (non-hydrogen) atoms. The van der Waals surface area contributed by atoms with Gasteiger partial charge in [-0.2, -0.15) is 5.10 Å². The minimum Gasteiger partial charge on any atom is -0.444 e. The molecule has 3 aromatic heterocycles. The molecule has 2 amide bonds. The lowest BCUT2D eigenvalue weighted by Gasteiger charge is -2.14. The van der Waals surface area contributed by atoms with Gasteiger partial charge in [0.05, 0.1) is 24.8 Å². The largest absolute Gasteiger partial charge is 0.444 e. The second-order valence-corrected chi connectivity index (χ2v) is 7.30. The Labute approximate surface area is 178 Å². The number of oxazole rings is 1. The van der Waals surface area contributed by atoms with Crippen LogP contribution in [0.3, 0.4) is 0 Å². The van der Waals surface area contributed by atoms with Gasteiger partial charge in [-0.15, -0.1) is 0 Å². The molecule has 2 unspecified atom stereocenters. The number of nitrogens with zero attached hydrogens (tertiary/aromatic N) is 5. The Bertz CT molecular complexity index is 1120. The predicted molar refractivity (Wildman–Crippen MR) is 113 cm³/mol.